The van der Waals surface area contributed by atoms with Crippen LogP contribution in [-0.4, -0.2) is 9.97 Å². The Morgan fingerprint density at radius 3 is 2.24 bits per heavy atom. The molecule has 0 saturated heterocycles. The summed E-state index contributed by atoms with van der Waals surface area (Å²) >= 11 is 1.93. The van der Waals surface area contributed by atoms with Crippen molar-refractivity contribution in [3.05, 3.63) is 133 Å². The van der Waals surface area contributed by atoms with E-state index in [2.05, 4.69) is 128 Å². The minimum atomic E-state index is -0.0766. The van der Waals surface area contributed by atoms with Crippen LogP contribution in [0.15, 0.2) is 121 Å². The monoisotopic (exact) mass is 554 g/mol. The second-order valence-corrected chi connectivity index (χ2v) is 12.9. The molecule has 0 N–H and O–H groups in total. The Bertz CT molecular complexity index is 2380. The third-order valence-electron chi connectivity index (χ3n) is 9.09. The second-order valence-electron chi connectivity index (χ2n) is 11.8. The lowest BCUT2D eigenvalue weighted by molar-refractivity contribution is 0.667. The molecule has 0 radical (unpaired) electrons. The van der Waals surface area contributed by atoms with Gasteiger partial charge in [0.25, 0.3) is 0 Å². The second kappa shape index (κ2) is 8.58. The summed E-state index contributed by atoms with van der Waals surface area (Å²) in [6, 6.07) is 41.8. The maximum Gasteiger partial charge on any atom is 0.0972 e. The van der Waals surface area contributed by atoms with Gasteiger partial charge in [-0.2, -0.15) is 0 Å². The van der Waals surface area contributed by atoms with E-state index < -0.39 is 0 Å². The van der Waals surface area contributed by atoms with Gasteiger partial charge >= 0.3 is 0 Å². The molecule has 2 nitrogen and oxygen atoms in total. The van der Waals surface area contributed by atoms with Crippen molar-refractivity contribution >= 4 is 53.3 Å². The average Bonchev–Trinajstić information content (AvgIpc) is 3.53. The molecule has 0 atom stereocenters. The van der Waals surface area contributed by atoms with Crippen LogP contribution < -0.4 is 0 Å². The summed E-state index contributed by atoms with van der Waals surface area (Å²) in [5.41, 5.74) is 12.0. The topological polar surface area (TPSA) is 25.8 Å². The van der Waals surface area contributed by atoms with Crippen LogP contribution in [0.3, 0.4) is 0 Å². The molecule has 0 amide bonds. The summed E-state index contributed by atoms with van der Waals surface area (Å²) in [5.74, 6) is 0. The third-order valence-corrected chi connectivity index (χ3v) is 10.3. The summed E-state index contributed by atoms with van der Waals surface area (Å²) in [5, 5.41) is 4.91. The van der Waals surface area contributed by atoms with Crippen LogP contribution in [0.4, 0.5) is 0 Å². The van der Waals surface area contributed by atoms with E-state index in [9.17, 15) is 0 Å². The molecule has 198 valence electrons. The number of thiophene rings is 1. The van der Waals surface area contributed by atoms with Gasteiger partial charge in [0.1, 0.15) is 0 Å². The standard InChI is InChI=1S/C39H26N2S/c1-39(2)31-11-5-3-10-28(31)34-29(22-30-27-9-4-6-12-33(27)42-38(30)35(34)39)23-13-15-24(16-14-23)32-20-19-26-18-17-25-8-7-21-40-36(25)37(26)41-32/h3-22H,1-2H3. The first kappa shape index (κ1) is 23.8. The molecule has 3 heteroatoms. The van der Waals surface area contributed by atoms with Gasteiger partial charge in [-0.1, -0.05) is 105 Å². The van der Waals surface area contributed by atoms with Crippen molar-refractivity contribution < 1.29 is 0 Å². The van der Waals surface area contributed by atoms with E-state index >= 15 is 0 Å². The molecule has 9 rings (SSSR count). The van der Waals surface area contributed by atoms with Gasteiger partial charge in [0.05, 0.1) is 16.7 Å². The predicted molar refractivity (Wildman–Crippen MR) is 178 cm³/mol. The summed E-state index contributed by atoms with van der Waals surface area (Å²) in [4.78, 5) is 9.73. The number of aromatic nitrogens is 2. The third kappa shape index (κ3) is 3.26. The first-order valence-electron chi connectivity index (χ1n) is 14.4. The molecule has 5 aromatic carbocycles. The lowest BCUT2D eigenvalue weighted by Gasteiger charge is -2.22. The van der Waals surface area contributed by atoms with Crippen molar-refractivity contribution in [2.75, 3.05) is 0 Å². The van der Waals surface area contributed by atoms with E-state index in [1.807, 2.05) is 23.6 Å². The number of nitrogens with zero attached hydrogens (tertiary/aromatic N) is 2. The molecule has 8 aromatic rings. The fourth-order valence-corrected chi connectivity index (χ4v) is 8.44. The normalized spacial score (nSPS) is 13.7. The summed E-state index contributed by atoms with van der Waals surface area (Å²) in [6.07, 6.45) is 1.84. The van der Waals surface area contributed by atoms with Crippen LogP contribution >= 0.6 is 11.3 Å². The zero-order valence-corrected chi connectivity index (χ0v) is 24.2. The largest absolute Gasteiger partial charge is 0.254 e. The van der Waals surface area contributed by atoms with Gasteiger partial charge in [-0.3, -0.25) is 4.98 Å². The molecule has 0 saturated carbocycles. The van der Waals surface area contributed by atoms with Crippen molar-refractivity contribution in [3.8, 4) is 33.5 Å². The Morgan fingerprint density at radius 1 is 0.619 bits per heavy atom. The molecule has 0 fully saturated rings. The molecule has 1 aliphatic carbocycles. The van der Waals surface area contributed by atoms with Crippen molar-refractivity contribution in [2.24, 2.45) is 0 Å². The lowest BCUT2D eigenvalue weighted by atomic mass is 9.81. The highest BCUT2D eigenvalue weighted by atomic mass is 32.1. The van der Waals surface area contributed by atoms with E-state index in [0.29, 0.717) is 0 Å². The van der Waals surface area contributed by atoms with Gasteiger partial charge < -0.3 is 0 Å². The van der Waals surface area contributed by atoms with E-state index in [1.54, 1.807) is 0 Å². The highest BCUT2D eigenvalue weighted by molar-refractivity contribution is 7.26. The van der Waals surface area contributed by atoms with Crippen molar-refractivity contribution in [1.82, 2.24) is 9.97 Å². The smallest absolute Gasteiger partial charge is 0.0972 e. The molecular formula is C39H26N2S. The van der Waals surface area contributed by atoms with Gasteiger partial charge in [-0.25, -0.2) is 4.98 Å². The highest BCUT2D eigenvalue weighted by Gasteiger charge is 2.39. The van der Waals surface area contributed by atoms with Crippen LogP contribution in [0.1, 0.15) is 25.0 Å². The van der Waals surface area contributed by atoms with Gasteiger partial charge in [0.15, 0.2) is 0 Å². The first-order valence-corrected chi connectivity index (χ1v) is 15.2. The molecule has 3 aromatic heterocycles. The summed E-state index contributed by atoms with van der Waals surface area (Å²) < 4.78 is 2.76. The minimum Gasteiger partial charge on any atom is -0.254 e. The number of hydrogen-bond acceptors (Lipinski definition) is 3. The minimum absolute atomic E-state index is 0.0766. The van der Waals surface area contributed by atoms with E-state index in [4.69, 9.17) is 4.98 Å². The maximum absolute atomic E-state index is 5.09. The van der Waals surface area contributed by atoms with Gasteiger partial charge in [-0.05, 0) is 57.6 Å². The van der Waals surface area contributed by atoms with E-state index in [0.717, 1.165) is 33.1 Å². The Labute approximate surface area is 247 Å². The van der Waals surface area contributed by atoms with Gasteiger partial charge in [0.2, 0.25) is 0 Å². The number of rotatable bonds is 2. The molecule has 0 bridgehead atoms. The Morgan fingerprint density at radius 2 is 1.36 bits per heavy atom. The first-order chi connectivity index (χ1) is 20.6. The fourth-order valence-electron chi connectivity index (χ4n) is 7.05. The number of fused-ring (bicyclic) bond motifs is 10. The Balaban J connectivity index is 1.26. The van der Waals surface area contributed by atoms with Gasteiger partial charge in [-0.15, -0.1) is 11.3 Å². The summed E-state index contributed by atoms with van der Waals surface area (Å²) in [6.45, 7) is 4.77. The fraction of sp³-hybridized carbons (Fsp3) is 0.0769. The number of benzene rings is 5. The van der Waals surface area contributed by atoms with Crippen LogP contribution in [0.2, 0.25) is 0 Å². The molecular weight excluding hydrogens is 529 g/mol. The van der Waals surface area contributed by atoms with Crippen LogP contribution in [0.5, 0.6) is 0 Å². The molecule has 3 heterocycles. The quantitative estimate of drug-likeness (QED) is 0.199. The zero-order valence-electron chi connectivity index (χ0n) is 23.3. The van der Waals surface area contributed by atoms with Gasteiger partial charge in [0, 0.05) is 48.1 Å². The lowest BCUT2D eigenvalue weighted by Crippen LogP contribution is -2.15. The molecule has 0 aliphatic heterocycles. The van der Waals surface area contributed by atoms with E-state index in [-0.39, 0.29) is 5.41 Å². The molecule has 0 unspecified atom stereocenters. The molecule has 42 heavy (non-hydrogen) atoms. The molecule has 0 spiro atoms. The van der Waals surface area contributed by atoms with Crippen LogP contribution in [-0.2, 0) is 5.41 Å². The van der Waals surface area contributed by atoms with Crippen molar-refractivity contribution in [1.29, 1.82) is 0 Å². The predicted octanol–water partition coefficient (Wildman–Crippen LogP) is 10.8. The Hall–Kier alpha value is -4.86. The number of hydrogen-bond donors (Lipinski definition) is 0. The molecule has 1 aliphatic rings. The van der Waals surface area contributed by atoms with Crippen LogP contribution in [0.25, 0.3) is 75.5 Å². The SMILES string of the molecule is CC1(C)c2ccccc2-c2c(-c3ccc(-c4ccc5ccc6cccnc6c5n4)cc3)cc3c(sc4ccccc43)c21. The maximum atomic E-state index is 5.09. The average molecular weight is 555 g/mol. The van der Waals surface area contributed by atoms with Crippen LogP contribution in [0, 0.1) is 0 Å². The summed E-state index contributed by atoms with van der Waals surface area (Å²) in [7, 11) is 0. The Kier molecular flexibility index (Phi) is 4.86. The van der Waals surface area contributed by atoms with Crippen molar-refractivity contribution in [3.63, 3.8) is 0 Å². The van der Waals surface area contributed by atoms with Crippen molar-refractivity contribution in [2.45, 2.75) is 19.3 Å². The zero-order chi connectivity index (χ0) is 28.0. The van der Waals surface area contributed by atoms with E-state index in [1.165, 1.54) is 53.6 Å². The highest BCUT2D eigenvalue weighted by Crippen LogP contribution is 2.57. The number of pyridine rings is 2.